The van der Waals surface area contributed by atoms with E-state index in [4.69, 9.17) is 0 Å². The lowest BCUT2D eigenvalue weighted by atomic mass is 9.87. The van der Waals surface area contributed by atoms with E-state index in [1.165, 1.54) is 44.9 Å². The Bertz CT molecular complexity index is 170. The summed E-state index contributed by atoms with van der Waals surface area (Å²) in [5.74, 6) is 0. The fraction of sp³-hybridized carbons (Fsp3) is 1.00. The molecule has 0 radical (unpaired) electrons. The van der Waals surface area contributed by atoms with Crippen molar-refractivity contribution in [2.45, 2.75) is 71.3 Å². The summed E-state index contributed by atoms with van der Waals surface area (Å²) in [6.07, 6.45) is 10.7. The van der Waals surface area contributed by atoms with E-state index in [-0.39, 0.29) is 5.41 Å². The molecular formula is C14H29NO. The largest absolute Gasteiger partial charge is 0.396 e. The van der Waals surface area contributed by atoms with Gasteiger partial charge in [-0.2, -0.15) is 0 Å². The zero-order valence-corrected chi connectivity index (χ0v) is 11.1. The lowest BCUT2D eigenvalue weighted by Crippen LogP contribution is -2.40. The molecule has 0 spiro atoms. The Morgan fingerprint density at radius 1 is 1.12 bits per heavy atom. The van der Waals surface area contributed by atoms with Gasteiger partial charge in [0, 0.05) is 24.6 Å². The van der Waals surface area contributed by atoms with Crippen LogP contribution in [0.2, 0.25) is 0 Å². The van der Waals surface area contributed by atoms with Gasteiger partial charge in [0.25, 0.3) is 0 Å². The summed E-state index contributed by atoms with van der Waals surface area (Å²) in [7, 11) is 0. The fourth-order valence-electron chi connectivity index (χ4n) is 2.34. The molecule has 0 bridgehead atoms. The molecule has 2 N–H and O–H groups in total. The molecule has 96 valence electrons. The molecule has 0 amide bonds. The van der Waals surface area contributed by atoms with E-state index in [9.17, 15) is 5.11 Å². The summed E-state index contributed by atoms with van der Waals surface area (Å²) < 4.78 is 0. The predicted octanol–water partition coefficient (Wildman–Crippen LogP) is 3.10. The zero-order chi connectivity index (χ0) is 11.9. The molecule has 16 heavy (non-hydrogen) atoms. The van der Waals surface area contributed by atoms with Gasteiger partial charge in [-0.1, -0.05) is 46.0 Å². The molecule has 1 rings (SSSR count). The predicted molar refractivity (Wildman–Crippen MR) is 69.6 cm³/mol. The van der Waals surface area contributed by atoms with Crippen LogP contribution in [-0.2, 0) is 0 Å². The average Bonchev–Trinajstić information content (AvgIpc) is 2.27. The monoisotopic (exact) mass is 227 g/mol. The molecular weight excluding hydrogens is 198 g/mol. The molecule has 2 nitrogen and oxygen atoms in total. The molecule has 0 aromatic heterocycles. The van der Waals surface area contributed by atoms with Gasteiger partial charge in [-0.3, -0.25) is 0 Å². The van der Waals surface area contributed by atoms with E-state index in [1.54, 1.807) is 0 Å². The number of aliphatic hydroxyl groups is 1. The van der Waals surface area contributed by atoms with E-state index < -0.39 is 0 Å². The van der Waals surface area contributed by atoms with Crippen molar-refractivity contribution in [2.75, 3.05) is 13.2 Å². The number of aliphatic hydroxyl groups excluding tert-OH is 1. The molecule has 1 aliphatic rings. The third kappa shape index (κ3) is 4.84. The third-order valence-corrected chi connectivity index (χ3v) is 4.16. The fourth-order valence-corrected chi connectivity index (χ4v) is 2.34. The quantitative estimate of drug-likeness (QED) is 0.756. The van der Waals surface area contributed by atoms with Crippen LogP contribution in [0.5, 0.6) is 0 Å². The number of nitrogens with one attached hydrogen (secondary N) is 1. The molecule has 0 saturated heterocycles. The van der Waals surface area contributed by atoms with Gasteiger partial charge in [0.2, 0.25) is 0 Å². The third-order valence-electron chi connectivity index (χ3n) is 4.16. The first kappa shape index (κ1) is 14.0. The molecule has 1 unspecified atom stereocenters. The Hall–Kier alpha value is -0.0800. The highest BCUT2D eigenvalue weighted by atomic mass is 16.3. The van der Waals surface area contributed by atoms with Crippen LogP contribution in [-0.4, -0.2) is 24.3 Å². The highest BCUT2D eigenvalue weighted by molar-refractivity contribution is 4.78. The minimum absolute atomic E-state index is 0.0718. The minimum atomic E-state index is 0.0718. The van der Waals surface area contributed by atoms with E-state index in [2.05, 4.69) is 19.2 Å². The normalized spacial score (nSPS) is 23.4. The van der Waals surface area contributed by atoms with Crippen molar-refractivity contribution in [1.29, 1.82) is 0 Å². The van der Waals surface area contributed by atoms with E-state index in [1.807, 2.05) is 0 Å². The summed E-state index contributed by atoms with van der Waals surface area (Å²) in [5.41, 5.74) is 0.0718. The van der Waals surface area contributed by atoms with Gasteiger partial charge >= 0.3 is 0 Å². The Balaban J connectivity index is 2.28. The van der Waals surface area contributed by atoms with Crippen molar-refractivity contribution in [3.8, 4) is 0 Å². The molecule has 0 aromatic carbocycles. The maximum atomic E-state index is 9.38. The zero-order valence-electron chi connectivity index (χ0n) is 11.1. The van der Waals surface area contributed by atoms with Gasteiger partial charge in [0.15, 0.2) is 0 Å². The van der Waals surface area contributed by atoms with Gasteiger partial charge in [0.1, 0.15) is 0 Å². The van der Waals surface area contributed by atoms with Gasteiger partial charge in [0.05, 0.1) is 0 Å². The minimum Gasteiger partial charge on any atom is -0.396 e. The first-order valence-electron chi connectivity index (χ1n) is 7.04. The number of rotatable bonds is 5. The van der Waals surface area contributed by atoms with Crippen LogP contribution in [0.1, 0.15) is 65.2 Å². The summed E-state index contributed by atoms with van der Waals surface area (Å²) in [5, 5.41) is 13.0. The van der Waals surface area contributed by atoms with Crippen LogP contribution in [0.3, 0.4) is 0 Å². The molecule has 1 saturated carbocycles. The van der Waals surface area contributed by atoms with Crippen molar-refractivity contribution >= 4 is 0 Å². The molecule has 1 atom stereocenters. The average molecular weight is 227 g/mol. The molecule has 0 aliphatic heterocycles. The van der Waals surface area contributed by atoms with Crippen LogP contribution in [0.4, 0.5) is 0 Å². The van der Waals surface area contributed by atoms with Crippen LogP contribution in [0.25, 0.3) is 0 Å². The van der Waals surface area contributed by atoms with E-state index in [0.29, 0.717) is 12.6 Å². The van der Waals surface area contributed by atoms with Crippen LogP contribution in [0.15, 0.2) is 0 Å². The standard InChI is InChI=1S/C14H29NO/c1-3-14(2,12-16)11-15-13-9-7-5-4-6-8-10-13/h13,15-16H,3-12H2,1-2H3. The number of hydrogen-bond acceptors (Lipinski definition) is 2. The van der Waals surface area contributed by atoms with Crippen LogP contribution in [0, 0.1) is 5.41 Å². The summed E-state index contributed by atoms with van der Waals surface area (Å²) >= 11 is 0. The van der Waals surface area contributed by atoms with E-state index in [0.717, 1.165) is 13.0 Å². The lowest BCUT2D eigenvalue weighted by Gasteiger charge is -2.30. The summed E-state index contributed by atoms with van der Waals surface area (Å²) in [6, 6.07) is 0.692. The highest BCUT2D eigenvalue weighted by Crippen LogP contribution is 2.21. The molecule has 2 heteroatoms. The molecule has 0 aromatic rings. The van der Waals surface area contributed by atoms with Gasteiger partial charge in [-0.05, 0) is 19.3 Å². The lowest BCUT2D eigenvalue weighted by molar-refractivity contribution is 0.130. The van der Waals surface area contributed by atoms with Crippen LogP contribution >= 0.6 is 0 Å². The highest BCUT2D eigenvalue weighted by Gasteiger charge is 2.22. The van der Waals surface area contributed by atoms with E-state index >= 15 is 0 Å². The maximum absolute atomic E-state index is 9.38. The maximum Gasteiger partial charge on any atom is 0.0496 e. The van der Waals surface area contributed by atoms with Crippen molar-refractivity contribution in [1.82, 2.24) is 5.32 Å². The van der Waals surface area contributed by atoms with Crippen molar-refractivity contribution < 1.29 is 5.11 Å². The second-order valence-corrected chi connectivity index (χ2v) is 5.75. The molecule has 1 fully saturated rings. The summed E-state index contributed by atoms with van der Waals surface area (Å²) in [6.45, 7) is 5.59. The first-order chi connectivity index (χ1) is 7.70. The first-order valence-corrected chi connectivity index (χ1v) is 7.04. The second-order valence-electron chi connectivity index (χ2n) is 5.75. The SMILES string of the molecule is CCC(C)(CO)CNC1CCCCCCC1. The van der Waals surface area contributed by atoms with Crippen molar-refractivity contribution in [3.05, 3.63) is 0 Å². The Labute approximate surface area is 101 Å². The smallest absolute Gasteiger partial charge is 0.0496 e. The topological polar surface area (TPSA) is 32.3 Å². The Kier molecular flexibility index (Phi) is 6.37. The molecule has 0 heterocycles. The Morgan fingerprint density at radius 3 is 2.19 bits per heavy atom. The van der Waals surface area contributed by atoms with Gasteiger partial charge in [-0.25, -0.2) is 0 Å². The van der Waals surface area contributed by atoms with Crippen molar-refractivity contribution in [3.63, 3.8) is 0 Å². The van der Waals surface area contributed by atoms with Crippen molar-refractivity contribution in [2.24, 2.45) is 5.41 Å². The molecule has 1 aliphatic carbocycles. The second kappa shape index (κ2) is 7.29. The number of hydrogen-bond donors (Lipinski definition) is 2. The van der Waals surface area contributed by atoms with Gasteiger partial charge in [-0.15, -0.1) is 0 Å². The summed E-state index contributed by atoms with van der Waals surface area (Å²) in [4.78, 5) is 0. The van der Waals surface area contributed by atoms with Gasteiger partial charge < -0.3 is 10.4 Å². The Morgan fingerprint density at radius 2 is 1.69 bits per heavy atom. The van der Waals surface area contributed by atoms with Crippen LogP contribution < -0.4 is 5.32 Å².